The van der Waals surface area contributed by atoms with E-state index in [1.165, 1.54) is 12.1 Å². The minimum atomic E-state index is -0.859. The Morgan fingerprint density at radius 2 is 1.50 bits per heavy atom. The number of fused-ring (bicyclic) bond motifs is 1. The van der Waals surface area contributed by atoms with Crippen molar-refractivity contribution in [2.75, 3.05) is 6.61 Å². The molecule has 0 saturated carbocycles. The molecule has 0 aliphatic carbocycles. The van der Waals surface area contributed by atoms with Crippen molar-refractivity contribution in [2.24, 2.45) is 0 Å². The van der Waals surface area contributed by atoms with Crippen LogP contribution in [-0.2, 0) is 0 Å². The zero-order chi connectivity index (χ0) is 20.9. The topological polar surface area (TPSA) is 22.1 Å². The summed E-state index contributed by atoms with van der Waals surface area (Å²) in [6.45, 7) is 2.74. The highest BCUT2D eigenvalue weighted by Crippen LogP contribution is 2.21. The molecule has 0 aliphatic heterocycles. The van der Waals surface area contributed by atoms with Crippen molar-refractivity contribution < 1.29 is 13.5 Å². The van der Waals surface area contributed by atoms with Gasteiger partial charge in [-0.1, -0.05) is 37.0 Å². The molecule has 0 N–H and O–H groups in total. The largest absolute Gasteiger partial charge is 0.492 e. The Hall–Kier alpha value is -3.71. The SMILES string of the molecule is CCCOc1ccc(-c2ccc(C#Cc3ccc4cc(F)c(F)cc4c3)cc2)nc1. The normalized spacial score (nSPS) is 10.5. The first-order chi connectivity index (χ1) is 14.6. The molecule has 4 heteroatoms. The van der Waals surface area contributed by atoms with Crippen molar-refractivity contribution in [1.82, 2.24) is 4.98 Å². The van der Waals surface area contributed by atoms with Crippen molar-refractivity contribution >= 4 is 10.8 Å². The lowest BCUT2D eigenvalue weighted by atomic mass is 10.1. The highest BCUT2D eigenvalue weighted by atomic mass is 19.2. The molecule has 0 amide bonds. The Morgan fingerprint density at radius 1 is 0.800 bits per heavy atom. The summed E-state index contributed by atoms with van der Waals surface area (Å²) in [4.78, 5) is 4.45. The Balaban J connectivity index is 1.51. The molecule has 3 aromatic carbocycles. The number of rotatable bonds is 4. The van der Waals surface area contributed by atoms with Gasteiger partial charge < -0.3 is 4.74 Å². The van der Waals surface area contributed by atoms with Gasteiger partial charge in [-0.15, -0.1) is 0 Å². The molecule has 4 aromatic rings. The first-order valence-electron chi connectivity index (χ1n) is 9.72. The summed E-state index contributed by atoms with van der Waals surface area (Å²) >= 11 is 0. The van der Waals surface area contributed by atoms with Crippen molar-refractivity contribution in [2.45, 2.75) is 13.3 Å². The van der Waals surface area contributed by atoms with E-state index in [4.69, 9.17) is 4.74 Å². The van der Waals surface area contributed by atoms with E-state index in [9.17, 15) is 8.78 Å². The molecule has 0 radical (unpaired) electrons. The van der Waals surface area contributed by atoms with Gasteiger partial charge in [0.25, 0.3) is 0 Å². The summed E-state index contributed by atoms with van der Waals surface area (Å²) in [5, 5.41) is 1.26. The summed E-state index contributed by atoms with van der Waals surface area (Å²) in [7, 11) is 0. The summed E-state index contributed by atoms with van der Waals surface area (Å²) in [5.41, 5.74) is 3.45. The molecule has 0 aliphatic rings. The van der Waals surface area contributed by atoms with Gasteiger partial charge in [0, 0.05) is 16.7 Å². The zero-order valence-corrected chi connectivity index (χ0v) is 16.5. The number of hydrogen-bond acceptors (Lipinski definition) is 2. The van der Waals surface area contributed by atoms with E-state index in [-0.39, 0.29) is 0 Å². The van der Waals surface area contributed by atoms with Crippen molar-refractivity contribution in [3.05, 3.63) is 95.7 Å². The minimum absolute atomic E-state index is 0.619. The Kier molecular flexibility index (Phi) is 5.72. The van der Waals surface area contributed by atoms with E-state index in [1.54, 1.807) is 24.4 Å². The van der Waals surface area contributed by atoms with Crippen LogP contribution in [0.5, 0.6) is 5.75 Å². The third kappa shape index (κ3) is 4.47. The number of pyridine rings is 1. The monoisotopic (exact) mass is 399 g/mol. The molecule has 1 aromatic heterocycles. The average Bonchev–Trinajstić information content (AvgIpc) is 2.78. The van der Waals surface area contributed by atoms with Gasteiger partial charge in [0.15, 0.2) is 11.6 Å². The van der Waals surface area contributed by atoms with Gasteiger partial charge in [-0.05, 0) is 65.7 Å². The second-order valence-corrected chi connectivity index (χ2v) is 6.88. The van der Waals surface area contributed by atoms with Gasteiger partial charge >= 0.3 is 0 Å². The van der Waals surface area contributed by atoms with E-state index >= 15 is 0 Å². The van der Waals surface area contributed by atoms with Crippen LogP contribution >= 0.6 is 0 Å². The van der Waals surface area contributed by atoms with E-state index in [2.05, 4.69) is 23.7 Å². The highest BCUT2D eigenvalue weighted by molar-refractivity contribution is 5.84. The van der Waals surface area contributed by atoms with Crippen LogP contribution in [0.4, 0.5) is 8.78 Å². The molecule has 0 fully saturated rings. The second kappa shape index (κ2) is 8.75. The van der Waals surface area contributed by atoms with Gasteiger partial charge in [0.05, 0.1) is 18.5 Å². The van der Waals surface area contributed by atoms with Crippen LogP contribution in [0.2, 0.25) is 0 Å². The van der Waals surface area contributed by atoms with Crippen LogP contribution in [0, 0.1) is 23.5 Å². The maximum Gasteiger partial charge on any atom is 0.159 e. The molecule has 0 bridgehead atoms. The molecule has 30 heavy (non-hydrogen) atoms. The predicted octanol–water partition coefficient (Wildman–Crippen LogP) is 6.37. The van der Waals surface area contributed by atoms with Crippen LogP contribution in [0.15, 0.2) is 72.9 Å². The third-order valence-electron chi connectivity index (χ3n) is 4.62. The molecule has 0 unspecified atom stereocenters. The summed E-state index contributed by atoms with van der Waals surface area (Å²) in [5.74, 6) is 5.24. The predicted molar refractivity (Wildman–Crippen MR) is 115 cm³/mol. The number of ether oxygens (including phenoxy) is 1. The Labute approximate surface area is 174 Å². The maximum atomic E-state index is 13.5. The summed E-state index contributed by atoms with van der Waals surface area (Å²) in [6.07, 6.45) is 2.69. The van der Waals surface area contributed by atoms with E-state index in [1.807, 2.05) is 36.4 Å². The van der Waals surface area contributed by atoms with E-state index in [0.717, 1.165) is 34.6 Å². The van der Waals surface area contributed by atoms with Gasteiger partial charge in [-0.3, -0.25) is 4.98 Å². The molecular formula is C26H19F2NO. The maximum absolute atomic E-state index is 13.5. The number of nitrogens with zero attached hydrogens (tertiary/aromatic N) is 1. The lowest BCUT2D eigenvalue weighted by Crippen LogP contribution is -1.95. The average molecular weight is 399 g/mol. The number of benzene rings is 3. The first kappa shape index (κ1) is 19.6. The molecule has 0 saturated heterocycles. The molecule has 0 atom stereocenters. The molecule has 2 nitrogen and oxygen atoms in total. The fraction of sp³-hybridized carbons (Fsp3) is 0.115. The van der Waals surface area contributed by atoms with Gasteiger partial charge in [-0.25, -0.2) is 8.78 Å². The number of hydrogen-bond donors (Lipinski definition) is 0. The van der Waals surface area contributed by atoms with Crippen LogP contribution < -0.4 is 4.74 Å². The fourth-order valence-electron chi connectivity index (χ4n) is 3.04. The van der Waals surface area contributed by atoms with Crippen molar-refractivity contribution in [1.29, 1.82) is 0 Å². The number of aromatic nitrogens is 1. The summed E-state index contributed by atoms with van der Waals surface area (Å²) in [6, 6.07) is 19.3. The van der Waals surface area contributed by atoms with Gasteiger partial charge in [0.2, 0.25) is 0 Å². The van der Waals surface area contributed by atoms with Crippen molar-refractivity contribution in [3.63, 3.8) is 0 Å². The second-order valence-electron chi connectivity index (χ2n) is 6.88. The van der Waals surface area contributed by atoms with Crippen LogP contribution in [-0.4, -0.2) is 11.6 Å². The van der Waals surface area contributed by atoms with E-state index in [0.29, 0.717) is 17.4 Å². The Morgan fingerprint density at radius 3 is 2.20 bits per heavy atom. The van der Waals surface area contributed by atoms with Crippen LogP contribution in [0.3, 0.4) is 0 Å². The highest BCUT2D eigenvalue weighted by Gasteiger charge is 2.04. The van der Waals surface area contributed by atoms with Crippen LogP contribution in [0.1, 0.15) is 24.5 Å². The van der Waals surface area contributed by atoms with E-state index < -0.39 is 11.6 Å². The van der Waals surface area contributed by atoms with Crippen molar-refractivity contribution in [3.8, 4) is 28.8 Å². The standard InChI is InChI=1S/C26H19F2NO/c1-2-13-30-23-11-12-26(29-17-23)20-8-5-18(6-9-20)3-4-19-7-10-21-15-24(27)25(28)16-22(21)14-19/h5-12,14-17H,2,13H2,1H3. The van der Waals surface area contributed by atoms with Gasteiger partial charge in [-0.2, -0.15) is 0 Å². The van der Waals surface area contributed by atoms with Gasteiger partial charge in [0.1, 0.15) is 5.75 Å². The third-order valence-corrected chi connectivity index (χ3v) is 4.62. The minimum Gasteiger partial charge on any atom is -0.492 e. The number of halogens is 2. The smallest absolute Gasteiger partial charge is 0.159 e. The fourth-order valence-corrected chi connectivity index (χ4v) is 3.04. The first-order valence-corrected chi connectivity index (χ1v) is 9.72. The molecular weight excluding hydrogens is 380 g/mol. The summed E-state index contributed by atoms with van der Waals surface area (Å²) < 4.78 is 32.4. The zero-order valence-electron chi connectivity index (χ0n) is 16.5. The van der Waals surface area contributed by atoms with Crippen LogP contribution in [0.25, 0.3) is 22.0 Å². The lowest BCUT2D eigenvalue weighted by Gasteiger charge is -2.05. The molecule has 1 heterocycles. The quantitative estimate of drug-likeness (QED) is 0.372. The lowest BCUT2D eigenvalue weighted by molar-refractivity contribution is 0.316. The molecule has 0 spiro atoms. The molecule has 148 valence electrons. The Bertz CT molecular complexity index is 1240. The molecule has 4 rings (SSSR count).